The molecule has 0 bridgehead atoms. The van der Waals surface area contributed by atoms with E-state index in [1.807, 2.05) is 79.1 Å². The van der Waals surface area contributed by atoms with Crippen LogP contribution in [0.5, 0.6) is 5.75 Å². The van der Waals surface area contributed by atoms with Crippen LogP contribution in [0.15, 0.2) is 92.7 Å². The molecule has 6 nitrogen and oxygen atoms in total. The van der Waals surface area contributed by atoms with Crippen LogP contribution in [0.1, 0.15) is 36.6 Å². The van der Waals surface area contributed by atoms with Gasteiger partial charge in [-0.3, -0.25) is 9.36 Å². The lowest BCUT2D eigenvalue weighted by atomic mass is 9.96. The fraction of sp³-hybridized carbons (Fsp3) is 0.194. The number of esters is 1. The van der Waals surface area contributed by atoms with Gasteiger partial charge in [0.05, 0.1) is 35.6 Å². The van der Waals surface area contributed by atoms with Crippen molar-refractivity contribution >= 4 is 80.3 Å². The lowest BCUT2D eigenvalue weighted by molar-refractivity contribution is -0.139. The second-order valence-corrected chi connectivity index (χ2v) is 13.4. The Kier molecular flexibility index (Phi) is 9.72. The first-order valence-electron chi connectivity index (χ1n) is 12.8. The number of aromatic nitrogens is 1. The number of thioether (sulfide) groups is 1. The number of carbonyl (C=O) groups is 1. The molecule has 41 heavy (non-hydrogen) atoms. The minimum absolute atomic E-state index is 0.198. The average molecular weight is 809 g/mol. The van der Waals surface area contributed by atoms with Gasteiger partial charge in [-0.1, -0.05) is 53.8 Å². The lowest BCUT2D eigenvalue weighted by Gasteiger charge is -2.24. The SMILES string of the molecule is CCOC(=O)C1=C(C)N=c2s/c(=C\c3cc(I)c(OCc4ccccc4)c(I)c3)c(=O)n2[C@@H]1c1ccc(SC)cc1. The summed E-state index contributed by atoms with van der Waals surface area (Å²) in [5, 5.41) is 0. The molecule has 0 saturated carbocycles. The van der Waals surface area contributed by atoms with Crippen LogP contribution in [0, 0.1) is 7.14 Å². The van der Waals surface area contributed by atoms with Crippen molar-refractivity contribution in [2.75, 3.05) is 12.9 Å². The van der Waals surface area contributed by atoms with Gasteiger partial charge in [-0.15, -0.1) is 11.8 Å². The fourth-order valence-corrected chi connectivity index (χ4v) is 8.16. The third-order valence-electron chi connectivity index (χ3n) is 6.49. The molecule has 0 saturated heterocycles. The van der Waals surface area contributed by atoms with Crippen LogP contribution in [0.3, 0.4) is 0 Å². The maximum Gasteiger partial charge on any atom is 0.338 e. The second kappa shape index (κ2) is 13.3. The van der Waals surface area contributed by atoms with Crippen molar-refractivity contribution in [3.8, 4) is 5.75 Å². The topological polar surface area (TPSA) is 69.9 Å². The molecule has 0 radical (unpaired) electrons. The van der Waals surface area contributed by atoms with E-state index in [2.05, 4.69) is 50.2 Å². The Bertz CT molecular complexity index is 1790. The highest BCUT2D eigenvalue weighted by molar-refractivity contribution is 14.1. The summed E-state index contributed by atoms with van der Waals surface area (Å²) in [7, 11) is 0. The molecule has 1 atom stereocenters. The van der Waals surface area contributed by atoms with Gasteiger partial charge >= 0.3 is 5.97 Å². The van der Waals surface area contributed by atoms with E-state index in [9.17, 15) is 9.59 Å². The number of benzene rings is 3. The van der Waals surface area contributed by atoms with E-state index < -0.39 is 12.0 Å². The van der Waals surface area contributed by atoms with Gasteiger partial charge in [0, 0.05) is 4.90 Å². The predicted molar refractivity (Wildman–Crippen MR) is 181 cm³/mol. The number of rotatable bonds is 8. The van der Waals surface area contributed by atoms with Gasteiger partial charge in [0.1, 0.15) is 12.4 Å². The van der Waals surface area contributed by atoms with Crippen LogP contribution in [0.25, 0.3) is 6.08 Å². The molecule has 5 rings (SSSR count). The van der Waals surface area contributed by atoms with E-state index in [4.69, 9.17) is 9.47 Å². The molecule has 210 valence electrons. The van der Waals surface area contributed by atoms with Gasteiger partial charge < -0.3 is 9.47 Å². The number of hydrogen-bond acceptors (Lipinski definition) is 7. The Labute approximate surface area is 273 Å². The minimum atomic E-state index is -0.627. The van der Waals surface area contributed by atoms with E-state index in [0.717, 1.165) is 34.5 Å². The zero-order valence-corrected chi connectivity index (χ0v) is 28.5. The summed E-state index contributed by atoms with van der Waals surface area (Å²) in [6.45, 7) is 4.28. The third-order valence-corrected chi connectivity index (χ3v) is 9.82. The highest BCUT2D eigenvalue weighted by Gasteiger charge is 2.33. The molecule has 0 unspecified atom stereocenters. The van der Waals surface area contributed by atoms with Gasteiger partial charge in [-0.05, 0) is 112 Å². The van der Waals surface area contributed by atoms with E-state index in [-0.39, 0.29) is 12.2 Å². The quantitative estimate of drug-likeness (QED) is 0.119. The van der Waals surface area contributed by atoms with Crippen molar-refractivity contribution in [2.24, 2.45) is 4.99 Å². The van der Waals surface area contributed by atoms with Gasteiger partial charge in [0.15, 0.2) is 4.80 Å². The van der Waals surface area contributed by atoms with Crippen molar-refractivity contribution < 1.29 is 14.3 Å². The monoisotopic (exact) mass is 808 g/mol. The standard InChI is InChI=1S/C31H26I2N2O4S2/c1-4-38-30(37)26-18(2)34-31-35(27(26)21-10-12-22(40-3)13-11-21)29(36)25(41-31)16-20-14-23(32)28(24(33)15-20)39-17-19-8-6-5-7-9-19/h5-16,27H,4,17H2,1-3H3/b25-16-/t27-/m1/s1. The van der Waals surface area contributed by atoms with Crippen molar-refractivity contribution in [1.82, 2.24) is 4.57 Å². The number of halogens is 2. The van der Waals surface area contributed by atoms with E-state index >= 15 is 0 Å². The number of fused-ring (bicyclic) bond motifs is 1. The maximum absolute atomic E-state index is 13.9. The molecule has 0 fully saturated rings. The molecular weight excluding hydrogens is 782 g/mol. The van der Waals surface area contributed by atoms with Crippen molar-refractivity contribution in [3.63, 3.8) is 0 Å². The Morgan fingerprint density at radius 3 is 2.41 bits per heavy atom. The fourth-order valence-electron chi connectivity index (χ4n) is 4.57. The van der Waals surface area contributed by atoms with Crippen LogP contribution in [-0.2, 0) is 16.1 Å². The van der Waals surface area contributed by atoms with Crippen molar-refractivity contribution in [3.05, 3.63) is 122 Å². The number of carbonyl (C=O) groups excluding carboxylic acids is 1. The summed E-state index contributed by atoms with van der Waals surface area (Å²) in [5.41, 5.74) is 3.55. The first kappa shape index (κ1) is 30.1. The Hall–Kier alpha value is -2.42. The molecule has 3 aromatic carbocycles. The third kappa shape index (κ3) is 6.50. The molecular formula is C31H26I2N2O4S2. The maximum atomic E-state index is 13.9. The molecule has 0 aliphatic carbocycles. The van der Waals surface area contributed by atoms with Crippen LogP contribution in [0.2, 0.25) is 0 Å². The largest absolute Gasteiger partial charge is 0.487 e. The first-order chi connectivity index (χ1) is 19.8. The molecule has 1 aliphatic heterocycles. The molecule has 0 N–H and O–H groups in total. The normalized spacial score (nSPS) is 15.0. The summed E-state index contributed by atoms with van der Waals surface area (Å²) >= 11 is 7.50. The molecule has 0 amide bonds. The van der Waals surface area contributed by atoms with Gasteiger partial charge in [0.25, 0.3) is 5.56 Å². The van der Waals surface area contributed by atoms with E-state index in [1.54, 1.807) is 30.2 Å². The average Bonchev–Trinajstić information content (AvgIpc) is 3.26. The zero-order chi connectivity index (χ0) is 29.1. The van der Waals surface area contributed by atoms with Crippen LogP contribution in [0.4, 0.5) is 0 Å². The van der Waals surface area contributed by atoms with Crippen LogP contribution in [-0.4, -0.2) is 23.4 Å². The number of nitrogens with zero attached hydrogens (tertiary/aromatic N) is 2. The second-order valence-electron chi connectivity index (χ2n) is 9.16. The summed E-state index contributed by atoms with van der Waals surface area (Å²) in [6.07, 6.45) is 3.89. The number of hydrogen-bond donors (Lipinski definition) is 0. The van der Waals surface area contributed by atoms with Gasteiger partial charge in [0.2, 0.25) is 0 Å². The van der Waals surface area contributed by atoms with E-state index in [0.29, 0.717) is 27.2 Å². The lowest BCUT2D eigenvalue weighted by Crippen LogP contribution is -2.39. The smallest absolute Gasteiger partial charge is 0.338 e. The highest BCUT2D eigenvalue weighted by Crippen LogP contribution is 2.32. The van der Waals surface area contributed by atoms with Gasteiger partial charge in [-0.25, -0.2) is 9.79 Å². The van der Waals surface area contributed by atoms with Crippen LogP contribution >= 0.6 is 68.3 Å². The molecule has 10 heteroatoms. The Morgan fingerprint density at radius 1 is 1.10 bits per heavy atom. The van der Waals surface area contributed by atoms with E-state index in [1.165, 1.54) is 11.3 Å². The molecule has 0 spiro atoms. The summed E-state index contributed by atoms with van der Waals surface area (Å²) in [6, 6.07) is 21.4. The molecule has 4 aromatic rings. The highest BCUT2D eigenvalue weighted by atomic mass is 127. The minimum Gasteiger partial charge on any atom is -0.487 e. The summed E-state index contributed by atoms with van der Waals surface area (Å²) in [5.74, 6) is 0.356. The van der Waals surface area contributed by atoms with Gasteiger partial charge in [-0.2, -0.15) is 0 Å². The number of thiazole rings is 1. The number of allylic oxidation sites excluding steroid dienone is 1. The Balaban J connectivity index is 1.56. The molecule has 1 aromatic heterocycles. The molecule has 1 aliphatic rings. The predicted octanol–water partition coefficient (Wildman–Crippen LogP) is 6.31. The van der Waals surface area contributed by atoms with Crippen molar-refractivity contribution in [1.29, 1.82) is 0 Å². The first-order valence-corrected chi connectivity index (χ1v) is 17.0. The molecule has 2 heterocycles. The number of ether oxygens (including phenoxy) is 2. The Morgan fingerprint density at radius 2 is 1.78 bits per heavy atom. The summed E-state index contributed by atoms with van der Waals surface area (Å²) in [4.78, 5) is 33.4. The summed E-state index contributed by atoms with van der Waals surface area (Å²) < 4.78 is 15.6. The van der Waals surface area contributed by atoms with Crippen molar-refractivity contribution in [2.45, 2.75) is 31.4 Å². The van der Waals surface area contributed by atoms with Crippen LogP contribution < -0.4 is 19.6 Å². The zero-order valence-electron chi connectivity index (χ0n) is 22.5.